The molecule has 0 aromatic heterocycles. The van der Waals surface area contributed by atoms with Gasteiger partial charge in [-0.25, -0.2) is 0 Å². The maximum Gasteiger partial charge on any atom is 0.186 e. The van der Waals surface area contributed by atoms with Gasteiger partial charge in [-0.2, -0.15) is 0 Å². The molecule has 2 spiro atoms. The minimum absolute atomic E-state index is 0.0633. The van der Waals surface area contributed by atoms with E-state index in [0.29, 0.717) is 25.7 Å². The van der Waals surface area contributed by atoms with E-state index >= 15 is 0 Å². The second-order valence-corrected chi connectivity index (χ2v) is 21.1. The third-order valence-electron chi connectivity index (χ3n) is 17.6. The Kier molecular flexibility index (Phi) is 9.90. The minimum atomic E-state index is -1.60. The first kappa shape index (κ1) is 41.2. The monoisotopic (exact) mass is 784 g/mol. The first-order chi connectivity index (χ1) is 25.5. The van der Waals surface area contributed by atoms with Crippen LogP contribution in [0.15, 0.2) is 0 Å². The van der Waals surface area contributed by atoms with E-state index in [1.54, 1.807) is 13.8 Å². The Hall–Kier alpha value is -0.560. The number of rotatable bonds is 7. The van der Waals surface area contributed by atoms with Gasteiger partial charge in [0.05, 0.1) is 48.8 Å². The summed E-state index contributed by atoms with van der Waals surface area (Å²) >= 11 is 0. The van der Waals surface area contributed by atoms with Gasteiger partial charge in [-0.05, 0) is 117 Å². The molecule has 55 heavy (non-hydrogen) atoms. The predicted molar refractivity (Wildman–Crippen MR) is 194 cm³/mol. The normalized spacial score (nSPS) is 58.7. The molecule has 8 fully saturated rings. The molecule has 21 atom stereocenters. The van der Waals surface area contributed by atoms with Gasteiger partial charge in [0.15, 0.2) is 12.6 Å². The lowest BCUT2D eigenvalue weighted by molar-refractivity contribution is -0.339. The highest BCUT2D eigenvalue weighted by atomic mass is 16.7. The lowest BCUT2D eigenvalue weighted by Gasteiger charge is -2.65. The van der Waals surface area contributed by atoms with Gasteiger partial charge < -0.3 is 69.6 Å². The van der Waals surface area contributed by atoms with E-state index in [9.17, 15) is 46.0 Å². The third-order valence-corrected chi connectivity index (χ3v) is 17.6. The molecule has 14 heteroatoms. The molecule has 14 nitrogen and oxygen atoms in total. The van der Waals surface area contributed by atoms with Crippen molar-refractivity contribution in [2.45, 2.75) is 197 Å². The second kappa shape index (κ2) is 13.2. The molecule has 5 aliphatic carbocycles. The average Bonchev–Trinajstić information content (AvgIpc) is 3.47. The van der Waals surface area contributed by atoms with E-state index < -0.39 is 96.8 Å². The maximum atomic E-state index is 12.2. The summed E-state index contributed by atoms with van der Waals surface area (Å²) in [5, 5.41) is 97.2. The Bertz CT molecular complexity index is 1460. The van der Waals surface area contributed by atoms with Gasteiger partial charge in [0.2, 0.25) is 0 Å². The molecule has 0 bridgehead atoms. The molecule has 0 aromatic rings. The zero-order chi connectivity index (χ0) is 40.1. The predicted octanol–water partition coefficient (Wildman–Crippen LogP) is 0.724. The van der Waals surface area contributed by atoms with Crippen LogP contribution in [0.4, 0.5) is 0 Å². The summed E-state index contributed by atoms with van der Waals surface area (Å²) in [5.74, 6) is -0.215. The SMILES string of the molecule is CC(C)(O)[C@@H]1CC[C@](C)([C@H]2[C@@H](O)C[C@@]3(C)[C@@H]4C[C@H](O[C@@H]5O[C@H](CO)[C@@H](O)[C@H](O)[C@H]5O)[C@H]5C(C)(C)C(O[C@@H]6OC[C@@H](O)[C@H](O)[C@H]6O)CC[C@@]56C[C@@]46CC[C@]23C)O1. The standard InChI is InChI=1S/C41H68O14/c1-35(2)24(54-33-29(48)26(45)20(44)17-51-33)9-11-41-18-40(41)13-12-37(5)31(39(7)10-8-25(55-39)36(3,4)50)19(43)15-38(37,6)23(40)14-21(32(35)41)52-34-30(49)28(47)27(46)22(16-42)53-34/h19-34,42-50H,8-18H2,1-7H3/t19-,20+,21-,22+,23-,24?,25-,26-,27+,28-,29+,30+,31-,32-,33-,34+,37+,38-,39+,40-,41+/m0/s1. The molecule has 5 saturated carbocycles. The van der Waals surface area contributed by atoms with Gasteiger partial charge in [-0.15, -0.1) is 0 Å². The van der Waals surface area contributed by atoms with E-state index in [2.05, 4.69) is 34.6 Å². The summed E-state index contributed by atoms with van der Waals surface area (Å²) in [6, 6.07) is 0. The Morgan fingerprint density at radius 1 is 0.709 bits per heavy atom. The molecule has 8 aliphatic rings. The highest BCUT2D eigenvalue weighted by Crippen LogP contribution is 2.89. The first-order valence-corrected chi connectivity index (χ1v) is 20.9. The van der Waals surface area contributed by atoms with Crippen LogP contribution in [0.5, 0.6) is 0 Å². The summed E-state index contributed by atoms with van der Waals surface area (Å²) < 4.78 is 31.9. The summed E-state index contributed by atoms with van der Waals surface area (Å²) in [4.78, 5) is 0. The number of aliphatic hydroxyl groups excluding tert-OH is 8. The zero-order valence-corrected chi connectivity index (χ0v) is 33.6. The Morgan fingerprint density at radius 2 is 1.40 bits per heavy atom. The smallest absolute Gasteiger partial charge is 0.186 e. The van der Waals surface area contributed by atoms with Gasteiger partial charge in [0.1, 0.15) is 42.7 Å². The van der Waals surface area contributed by atoms with Gasteiger partial charge in [-0.1, -0.05) is 27.7 Å². The Labute approximate surface area is 324 Å². The summed E-state index contributed by atoms with van der Waals surface area (Å²) in [6.07, 6.45) is -7.48. The number of hydrogen-bond donors (Lipinski definition) is 9. The largest absolute Gasteiger partial charge is 0.394 e. The summed E-state index contributed by atoms with van der Waals surface area (Å²) in [7, 11) is 0. The highest BCUT2D eigenvalue weighted by Gasteiger charge is 2.85. The van der Waals surface area contributed by atoms with Crippen molar-refractivity contribution < 1.29 is 69.6 Å². The van der Waals surface area contributed by atoms with Crippen LogP contribution in [0.25, 0.3) is 0 Å². The van der Waals surface area contributed by atoms with Crippen LogP contribution in [-0.2, 0) is 23.7 Å². The lowest BCUT2D eigenvalue weighted by Crippen LogP contribution is -2.65. The molecule has 0 amide bonds. The van der Waals surface area contributed by atoms with Crippen LogP contribution in [0, 0.1) is 44.8 Å². The molecule has 0 aromatic carbocycles. The average molecular weight is 785 g/mol. The Balaban J connectivity index is 1.15. The van der Waals surface area contributed by atoms with Crippen LogP contribution in [-0.4, -0.2) is 150 Å². The topological polar surface area (TPSA) is 228 Å². The fraction of sp³-hybridized carbons (Fsp3) is 1.00. The van der Waals surface area contributed by atoms with Crippen LogP contribution in [0.2, 0.25) is 0 Å². The molecule has 9 N–H and O–H groups in total. The second-order valence-electron chi connectivity index (χ2n) is 21.1. The van der Waals surface area contributed by atoms with Crippen molar-refractivity contribution in [3.05, 3.63) is 0 Å². The van der Waals surface area contributed by atoms with Crippen LogP contribution in [0.1, 0.15) is 106 Å². The van der Waals surface area contributed by atoms with Gasteiger partial charge >= 0.3 is 0 Å². The van der Waals surface area contributed by atoms with Crippen LogP contribution in [0.3, 0.4) is 0 Å². The maximum absolute atomic E-state index is 12.2. The van der Waals surface area contributed by atoms with Gasteiger partial charge in [-0.3, -0.25) is 0 Å². The van der Waals surface area contributed by atoms with Crippen LogP contribution >= 0.6 is 0 Å². The van der Waals surface area contributed by atoms with E-state index in [-0.39, 0.29) is 52.1 Å². The molecule has 1 unspecified atom stereocenters. The van der Waals surface area contributed by atoms with Crippen molar-refractivity contribution in [2.75, 3.05) is 13.2 Å². The van der Waals surface area contributed by atoms with E-state index in [1.807, 2.05) is 0 Å². The number of aliphatic hydroxyl groups is 9. The molecular weight excluding hydrogens is 716 g/mol. The quantitative estimate of drug-likeness (QED) is 0.162. The molecule has 3 aliphatic heterocycles. The van der Waals surface area contributed by atoms with Crippen LogP contribution < -0.4 is 0 Å². The van der Waals surface area contributed by atoms with E-state index in [1.165, 1.54) is 0 Å². The van der Waals surface area contributed by atoms with E-state index in [0.717, 1.165) is 32.1 Å². The van der Waals surface area contributed by atoms with Crippen molar-refractivity contribution in [1.29, 1.82) is 0 Å². The first-order valence-electron chi connectivity index (χ1n) is 20.9. The fourth-order valence-corrected chi connectivity index (χ4v) is 14.9. The zero-order valence-electron chi connectivity index (χ0n) is 33.6. The minimum Gasteiger partial charge on any atom is -0.394 e. The van der Waals surface area contributed by atoms with Crippen molar-refractivity contribution >= 4 is 0 Å². The van der Waals surface area contributed by atoms with Crippen molar-refractivity contribution in [3.63, 3.8) is 0 Å². The molecule has 3 saturated heterocycles. The molecular formula is C41H68O14. The van der Waals surface area contributed by atoms with Crippen molar-refractivity contribution in [1.82, 2.24) is 0 Å². The molecule has 0 radical (unpaired) electrons. The van der Waals surface area contributed by atoms with Crippen molar-refractivity contribution in [2.24, 2.45) is 44.8 Å². The van der Waals surface area contributed by atoms with Gasteiger partial charge in [0, 0.05) is 5.92 Å². The number of ether oxygens (including phenoxy) is 5. The third kappa shape index (κ3) is 5.70. The summed E-state index contributed by atoms with van der Waals surface area (Å²) in [5.41, 5.74) is -3.16. The van der Waals surface area contributed by atoms with Gasteiger partial charge in [0.25, 0.3) is 0 Å². The highest BCUT2D eigenvalue weighted by molar-refractivity contribution is 5.33. The molecule has 3 heterocycles. The fourth-order valence-electron chi connectivity index (χ4n) is 14.9. The number of fused-ring (bicyclic) bond motifs is 2. The van der Waals surface area contributed by atoms with E-state index in [4.69, 9.17) is 23.7 Å². The van der Waals surface area contributed by atoms with Crippen molar-refractivity contribution in [3.8, 4) is 0 Å². The Morgan fingerprint density at radius 3 is 2.05 bits per heavy atom. The number of hydrogen-bond acceptors (Lipinski definition) is 14. The summed E-state index contributed by atoms with van der Waals surface area (Å²) in [6.45, 7) is 13.8. The molecule has 8 rings (SSSR count). The lowest BCUT2D eigenvalue weighted by atomic mass is 9.41. The molecule has 316 valence electrons.